The molecular formula is C18H16N2O2. The number of nitrogens with zero attached hydrogens (tertiary/aromatic N) is 2. The third kappa shape index (κ3) is 2.63. The van der Waals surface area contributed by atoms with Gasteiger partial charge in [0.15, 0.2) is 5.75 Å². The summed E-state index contributed by atoms with van der Waals surface area (Å²) in [5, 5.41) is 11.1. The fourth-order valence-electron chi connectivity index (χ4n) is 2.44. The van der Waals surface area contributed by atoms with Crippen molar-refractivity contribution in [3.05, 3.63) is 71.9 Å². The molecule has 0 bridgehead atoms. The van der Waals surface area contributed by atoms with Gasteiger partial charge in [-0.25, -0.2) is 0 Å². The highest BCUT2D eigenvalue weighted by atomic mass is 16.3. The molecule has 0 atom stereocenters. The van der Waals surface area contributed by atoms with Crippen molar-refractivity contribution in [2.75, 3.05) is 7.05 Å². The zero-order chi connectivity index (χ0) is 15.5. The molecule has 1 aromatic heterocycles. The predicted octanol–water partition coefficient (Wildman–Crippen LogP) is 3.21. The molecule has 1 heterocycles. The average molecular weight is 292 g/mol. The molecule has 110 valence electrons. The minimum Gasteiger partial charge on any atom is -0.505 e. The molecule has 0 saturated carbocycles. The number of carbonyl (C=O) groups is 1. The van der Waals surface area contributed by atoms with E-state index in [9.17, 15) is 9.90 Å². The first kappa shape index (κ1) is 14.1. The number of fused-ring (bicyclic) bond motifs is 1. The lowest BCUT2D eigenvalue weighted by Crippen LogP contribution is -2.26. The molecule has 0 aliphatic carbocycles. The standard InChI is InChI=1S/C18H16N2O2/c1-20(12-13-6-3-2-4-7-13)18(22)15-10-9-14-8-5-11-19-16(14)17(15)21/h2-11,21H,12H2,1H3. The third-order valence-corrected chi connectivity index (χ3v) is 3.59. The average Bonchev–Trinajstić information content (AvgIpc) is 2.56. The number of phenols is 1. The van der Waals surface area contributed by atoms with E-state index in [0.29, 0.717) is 12.1 Å². The number of rotatable bonds is 3. The van der Waals surface area contributed by atoms with Crippen LogP contribution in [0.15, 0.2) is 60.8 Å². The Hall–Kier alpha value is -2.88. The Kier molecular flexibility index (Phi) is 3.74. The van der Waals surface area contributed by atoms with Crippen molar-refractivity contribution in [1.29, 1.82) is 0 Å². The van der Waals surface area contributed by atoms with Gasteiger partial charge >= 0.3 is 0 Å². The predicted molar refractivity (Wildman–Crippen MR) is 85.6 cm³/mol. The summed E-state index contributed by atoms with van der Waals surface area (Å²) < 4.78 is 0. The van der Waals surface area contributed by atoms with Crippen LogP contribution in [-0.2, 0) is 6.54 Å². The Balaban J connectivity index is 1.90. The summed E-state index contributed by atoms with van der Waals surface area (Å²) in [4.78, 5) is 18.3. The lowest BCUT2D eigenvalue weighted by Gasteiger charge is -2.18. The number of carbonyl (C=O) groups excluding carboxylic acids is 1. The number of amides is 1. The van der Waals surface area contributed by atoms with Crippen LogP contribution < -0.4 is 0 Å². The van der Waals surface area contributed by atoms with Gasteiger partial charge in [-0.3, -0.25) is 9.78 Å². The topological polar surface area (TPSA) is 53.4 Å². The van der Waals surface area contributed by atoms with E-state index in [4.69, 9.17) is 0 Å². The Morgan fingerprint density at radius 2 is 1.86 bits per heavy atom. The van der Waals surface area contributed by atoms with Crippen LogP contribution in [0.25, 0.3) is 10.9 Å². The van der Waals surface area contributed by atoms with Gasteiger partial charge in [-0.1, -0.05) is 42.5 Å². The molecule has 3 rings (SSSR count). The van der Waals surface area contributed by atoms with Gasteiger partial charge in [-0.2, -0.15) is 0 Å². The van der Waals surface area contributed by atoms with Crippen molar-refractivity contribution in [3.63, 3.8) is 0 Å². The van der Waals surface area contributed by atoms with Gasteiger partial charge in [0.2, 0.25) is 0 Å². The summed E-state index contributed by atoms with van der Waals surface area (Å²) in [6.07, 6.45) is 1.60. The molecule has 0 spiro atoms. The zero-order valence-corrected chi connectivity index (χ0v) is 12.2. The molecule has 3 aromatic rings. The van der Waals surface area contributed by atoms with E-state index in [-0.39, 0.29) is 17.2 Å². The van der Waals surface area contributed by atoms with Gasteiger partial charge in [0.05, 0.1) is 5.56 Å². The summed E-state index contributed by atoms with van der Waals surface area (Å²) in [5.74, 6) is -0.295. The van der Waals surface area contributed by atoms with E-state index in [2.05, 4.69) is 4.98 Å². The molecule has 0 saturated heterocycles. The highest BCUT2D eigenvalue weighted by Crippen LogP contribution is 2.27. The minimum absolute atomic E-state index is 0.0667. The van der Waals surface area contributed by atoms with Crippen LogP contribution in [0.5, 0.6) is 5.75 Å². The highest BCUT2D eigenvalue weighted by molar-refractivity contribution is 6.02. The first-order chi connectivity index (χ1) is 10.7. The van der Waals surface area contributed by atoms with Gasteiger partial charge in [0.1, 0.15) is 5.52 Å². The SMILES string of the molecule is CN(Cc1ccccc1)C(=O)c1ccc2cccnc2c1O. The summed E-state index contributed by atoms with van der Waals surface area (Å²) in [7, 11) is 1.72. The lowest BCUT2D eigenvalue weighted by atomic mass is 10.1. The molecule has 0 unspecified atom stereocenters. The van der Waals surface area contributed by atoms with Crippen molar-refractivity contribution < 1.29 is 9.90 Å². The van der Waals surface area contributed by atoms with E-state index in [1.54, 1.807) is 36.3 Å². The van der Waals surface area contributed by atoms with Gasteiger partial charge in [-0.15, -0.1) is 0 Å². The molecule has 0 radical (unpaired) electrons. The maximum atomic E-state index is 12.6. The first-order valence-corrected chi connectivity index (χ1v) is 7.03. The van der Waals surface area contributed by atoms with Crippen molar-refractivity contribution in [2.24, 2.45) is 0 Å². The van der Waals surface area contributed by atoms with Crippen LogP contribution in [0, 0.1) is 0 Å². The minimum atomic E-state index is -0.228. The van der Waals surface area contributed by atoms with E-state index < -0.39 is 0 Å². The first-order valence-electron chi connectivity index (χ1n) is 7.03. The van der Waals surface area contributed by atoms with Crippen molar-refractivity contribution in [2.45, 2.75) is 6.54 Å². The van der Waals surface area contributed by atoms with Crippen molar-refractivity contribution >= 4 is 16.8 Å². The van der Waals surface area contributed by atoms with E-state index in [1.165, 1.54) is 0 Å². The largest absolute Gasteiger partial charge is 0.505 e. The van der Waals surface area contributed by atoms with Crippen LogP contribution in [0.3, 0.4) is 0 Å². The van der Waals surface area contributed by atoms with Crippen LogP contribution in [0.4, 0.5) is 0 Å². The maximum Gasteiger partial charge on any atom is 0.257 e. The molecule has 22 heavy (non-hydrogen) atoms. The molecule has 4 heteroatoms. The molecule has 0 fully saturated rings. The van der Waals surface area contributed by atoms with Gasteiger partial charge in [0.25, 0.3) is 5.91 Å². The summed E-state index contributed by atoms with van der Waals surface area (Å²) in [6, 6.07) is 16.8. The van der Waals surface area contributed by atoms with Crippen molar-refractivity contribution in [1.82, 2.24) is 9.88 Å². The molecule has 4 nitrogen and oxygen atoms in total. The van der Waals surface area contributed by atoms with Gasteiger partial charge in [0, 0.05) is 25.2 Å². The van der Waals surface area contributed by atoms with Crippen molar-refractivity contribution in [3.8, 4) is 5.75 Å². The maximum absolute atomic E-state index is 12.6. The lowest BCUT2D eigenvalue weighted by molar-refractivity contribution is 0.0782. The summed E-state index contributed by atoms with van der Waals surface area (Å²) in [6.45, 7) is 0.485. The Morgan fingerprint density at radius 3 is 2.64 bits per heavy atom. The fourth-order valence-corrected chi connectivity index (χ4v) is 2.44. The molecule has 0 aliphatic rings. The van der Waals surface area contributed by atoms with Gasteiger partial charge < -0.3 is 10.0 Å². The van der Waals surface area contributed by atoms with Gasteiger partial charge in [-0.05, 0) is 17.7 Å². The smallest absolute Gasteiger partial charge is 0.257 e. The molecule has 1 N–H and O–H groups in total. The Labute approximate surface area is 128 Å². The number of hydrogen-bond acceptors (Lipinski definition) is 3. The van der Waals surface area contributed by atoms with E-state index in [1.807, 2.05) is 36.4 Å². The molecule has 1 amide bonds. The second-order valence-electron chi connectivity index (χ2n) is 5.18. The highest BCUT2D eigenvalue weighted by Gasteiger charge is 2.18. The second-order valence-corrected chi connectivity index (χ2v) is 5.18. The summed E-state index contributed by atoms with van der Waals surface area (Å²) in [5.41, 5.74) is 1.75. The molecular weight excluding hydrogens is 276 g/mol. The number of phenolic OH excluding ortho intramolecular Hbond substituents is 1. The molecule has 2 aromatic carbocycles. The van der Waals surface area contributed by atoms with Crippen LogP contribution in [0.2, 0.25) is 0 Å². The number of benzene rings is 2. The number of pyridine rings is 1. The molecule has 0 aliphatic heterocycles. The van der Waals surface area contributed by atoms with Crippen LogP contribution in [-0.4, -0.2) is 27.9 Å². The monoisotopic (exact) mass is 292 g/mol. The van der Waals surface area contributed by atoms with E-state index in [0.717, 1.165) is 10.9 Å². The summed E-state index contributed by atoms with van der Waals surface area (Å²) >= 11 is 0. The normalized spacial score (nSPS) is 10.6. The third-order valence-electron chi connectivity index (χ3n) is 3.59. The number of aromatic nitrogens is 1. The Morgan fingerprint density at radius 1 is 1.09 bits per heavy atom. The quantitative estimate of drug-likeness (QED) is 0.806. The van der Waals surface area contributed by atoms with Crippen LogP contribution >= 0.6 is 0 Å². The van der Waals surface area contributed by atoms with E-state index >= 15 is 0 Å². The number of hydrogen-bond donors (Lipinski definition) is 1. The van der Waals surface area contributed by atoms with Crippen LogP contribution in [0.1, 0.15) is 15.9 Å². The second kappa shape index (κ2) is 5.85. The Bertz CT molecular complexity index is 816. The fraction of sp³-hybridized carbons (Fsp3) is 0.111. The number of aromatic hydroxyl groups is 1. The zero-order valence-electron chi connectivity index (χ0n) is 12.2.